The molecule has 1 saturated carbocycles. The summed E-state index contributed by atoms with van der Waals surface area (Å²) in [6, 6.07) is 5.00. The van der Waals surface area contributed by atoms with Crippen molar-refractivity contribution >= 4 is 29.2 Å². The number of hydrogen-bond donors (Lipinski definition) is 2. The second-order valence-corrected chi connectivity index (χ2v) is 6.53. The first-order valence-electron chi connectivity index (χ1n) is 7.30. The lowest BCUT2D eigenvalue weighted by atomic mass is 10.1. The van der Waals surface area contributed by atoms with Crippen LogP contribution in [0.2, 0.25) is 0 Å². The Morgan fingerprint density at radius 2 is 2.04 bits per heavy atom. The van der Waals surface area contributed by atoms with Gasteiger partial charge in [0.05, 0.1) is 17.5 Å². The van der Waals surface area contributed by atoms with E-state index in [0.29, 0.717) is 17.1 Å². The summed E-state index contributed by atoms with van der Waals surface area (Å²) in [6.45, 7) is 3.50. The second kappa shape index (κ2) is 4.97. The molecule has 2 aliphatic rings. The third-order valence-electron chi connectivity index (χ3n) is 4.69. The van der Waals surface area contributed by atoms with Gasteiger partial charge in [0.1, 0.15) is 5.75 Å². The first-order chi connectivity index (χ1) is 10.7. The molecule has 2 atom stereocenters. The van der Waals surface area contributed by atoms with Crippen molar-refractivity contribution in [1.82, 2.24) is 0 Å². The molecule has 122 valence electrons. The van der Waals surface area contributed by atoms with Gasteiger partial charge in [-0.2, -0.15) is 0 Å². The fourth-order valence-electron chi connectivity index (χ4n) is 3.16. The molecule has 0 saturated heterocycles. The minimum Gasteiger partial charge on any atom is -0.481 e. The number of benzene rings is 1. The number of fused-ring (bicyclic) bond motifs is 1. The zero-order chi connectivity index (χ0) is 16.9. The van der Waals surface area contributed by atoms with Gasteiger partial charge in [-0.1, -0.05) is 13.8 Å². The number of aliphatic carboxylic acids is 1. The van der Waals surface area contributed by atoms with Gasteiger partial charge >= 0.3 is 5.97 Å². The Balaban J connectivity index is 1.76. The van der Waals surface area contributed by atoms with Crippen molar-refractivity contribution in [3.63, 3.8) is 0 Å². The van der Waals surface area contributed by atoms with E-state index in [0.717, 1.165) is 0 Å². The lowest BCUT2D eigenvalue weighted by molar-refractivity contribution is -0.140. The van der Waals surface area contributed by atoms with Crippen LogP contribution in [-0.4, -0.2) is 36.5 Å². The summed E-state index contributed by atoms with van der Waals surface area (Å²) in [4.78, 5) is 36.5. The van der Waals surface area contributed by atoms with E-state index >= 15 is 0 Å². The Hall–Kier alpha value is -2.57. The molecule has 0 radical (unpaired) electrons. The zero-order valence-electron chi connectivity index (χ0n) is 13.1. The first kappa shape index (κ1) is 15.3. The van der Waals surface area contributed by atoms with Gasteiger partial charge in [0.15, 0.2) is 6.61 Å². The fraction of sp³-hybridized carbons (Fsp3) is 0.438. The highest BCUT2D eigenvalue weighted by Gasteiger charge is 2.65. The molecule has 1 fully saturated rings. The fourth-order valence-corrected chi connectivity index (χ4v) is 3.16. The number of nitrogens with one attached hydrogen (secondary N) is 1. The van der Waals surface area contributed by atoms with Crippen molar-refractivity contribution in [2.24, 2.45) is 17.3 Å². The van der Waals surface area contributed by atoms with Gasteiger partial charge in [-0.25, -0.2) is 0 Å². The Morgan fingerprint density at radius 3 is 2.65 bits per heavy atom. The molecule has 23 heavy (non-hydrogen) atoms. The van der Waals surface area contributed by atoms with Crippen molar-refractivity contribution in [1.29, 1.82) is 0 Å². The van der Waals surface area contributed by atoms with Gasteiger partial charge in [0, 0.05) is 18.8 Å². The topological polar surface area (TPSA) is 95.9 Å². The number of carboxylic acids is 1. The molecular weight excluding hydrogens is 300 g/mol. The van der Waals surface area contributed by atoms with E-state index in [2.05, 4.69) is 5.32 Å². The number of hydrogen-bond acceptors (Lipinski definition) is 4. The number of nitrogens with zero attached hydrogens (tertiary/aromatic N) is 1. The van der Waals surface area contributed by atoms with Crippen LogP contribution in [0, 0.1) is 17.3 Å². The van der Waals surface area contributed by atoms with Crippen molar-refractivity contribution in [3.8, 4) is 5.75 Å². The summed E-state index contributed by atoms with van der Waals surface area (Å²) >= 11 is 0. The predicted octanol–water partition coefficient (Wildman–Crippen LogP) is 1.34. The number of amides is 2. The van der Waals surface area contributed by atoms with Crippen LogP contribution in [0.3, 0.4) is 0 Å². The summed E-state index contributed by atoms with van der Waals surface area (Å²) in [5.41, 5.74) is 0.602. The lowest BCUT2D eigenvalue weighted by Crippen LogP contribution is -2.35. The highest BCUT2D eigenvalue weighted by Crippen LogP contribution is 2.58. The van der Waals surface area contributed by atoms with E-state index in [1.54, 1.807) is 39.1 Å². The maximum atomic E-state index is 12.3. The highest BCUT2D eigenvalue weighted by atomic mass is 16.5. The van der Waals surface area contributed by atoms with E-state index in [4.69, 9.17) is 9.84 Å². The number of carbonyl (C=O) groups excluding carboxylic acids is 2. The minimum absolute atomic E-state index is 0.0440. The van der Waals surface area contributed by atoms with Crippen LogP contribution in [0.5, 0.6) is 5.75 Å². The summed E-state index contributed by atoms with van der Waals surface area (Å²) in [7, 11) is 1.66. The molecule has 7 nitrogen and oxygen atoms in total. The monoisotopic (exact) mass is 318 g/mol. The Morgan fingerprint density at radius 1 is 1.35 bits per heavy atom. The first-order valence-corrected chi connectivity index (χ1v) is 7.30. The molecule has 1 heterocycles. The van der Waals surface area contributed by atoms with Gasteiger partial charge in [-0.3, -0.25) is 14.4 Å². The van der Waals surface area contributed by atoms with E-state index in [-0.39, 0.29) is 18.4 Å². The third-order valence-corrected chi connectivity index (χ3v) is 4.69. The maximum absolute atomic E-state index is 12.3. The quantitative estimate of drug-likeness (QED) is 0.876. The van der Waals surface area contributed by atoms with Crippen LogP contribution in [0.15, 0.2) is 18.2 Å². The van der Waals surface area contributed by atoms with Crippen LogP contribution in [0.1, 0.15) is 13.8 Å². The summed E-state index contributed by atoms with van der Waals surface area (Å²) in [5, 5.41) is 11.9. The summed E-state index contributed by atoms with van der Waals surface area (Å²) in [6.07, 6.45) is 0. The molecule has 2 amide bonds. The van der Waals surface area contributed by atoms with Crippen LogP contribution < -0.4 is 15.0 Å². The van der Waals surface area contributed by atoms with E-state index in [1.165, 1.54) is 4.90 Å². The second-order valence-electron chi connectivity index (χ2n) is 6.53. The van der Waals surface area contributed by atoms with Gasteiger partial charge in [-0.15, -0.1) is 0 Å². The smallest absolute Gasteiger partial charge is 0.307 e. The zero-order valence-corrected chi connectivity index (χ0v) is 13.1. The van der Waals surface area contributed by atoms with Crippen LogP contribution in [-0.2, 0) is 14.4 Å². The Labute approximate surface area is 133 Å². The molecule has 2 N–H and O–H groups in total. The van der Waals surface area contributed by atoms with Gasteiger partial charge in [0.2, 0.25) is 5.91 Å². The molecule has 0 bridgehead atoms. The molecule has 3 rings (SSSR count). The number of carboxylic acid groups (broad SMARTS) is 1. The van der Waals surface area contributed by atoms with E-state index in [9.17, 15) is 14.4 Å². The maximum Gasteiger partial charge on any atom is 0.307 e. The number of rotatable bonds is 3. The van der Waals surface area contributed by atoms with Crippen LogP contribution in [0.25, 0.3) is 0 Å². The molecule has 1 aromatic rings. The molecule has 7 heteroatoms. The average Bonchev–Trinajstić information content (AvgIpc) is 3.06. The molecule has 1 aliphatic carbocycles. The number of ether oxygens (including phenoxy) is 1. The van der Waals surface area contributed by atoms with Gasteiger partial charge < -0.3 is 20.1 Å². The number of anilines is 2. The third kappa shape index (κ3) is 2.42. The number of likely N-dealkylation sites (N-methyl/N-ethyl adjacent to an activating group) is 1. The van der Waals surface area contributed by atoms with Crippen molar-refractivity contribution < 1.29 is 24.2 Å². The molecule has 0 aromatic heterocycles. The van der Waals surface area contributed by atoms with Gasteiger partial charge in [-0.05, 0) is 17.5 Å². The normalized spacial score (nSPS) is 24.5. The van der Waals surface area contributed by atoms with Crippen molar-refractivity contribution in [2.45, 2.75) is 13.8 Å². The Kier molecular flexibility index (Phi) is 3.31. The molecule has 0 spiro atoms. The summed E-state index contributed by atoms with van der Waals surface area (Å²) < 4.78 is 5.37. The largest absolute Gasteiger partial charge is 0.481 e. The van der Waals surface area contributed by atoms with Crippen molar-refractivity contribution in [3.05, 3.63) is 18.2 Å². The molecule has 1 aromatic carbocycles. The van der Waals surface area contributed by atoms with E-state index < -0.39 is 23.2 Å². The van der Waals surface area contributed by atoms with Crippen LogP contribution in [0.4, 0.5) is 11.4 Å². The standard InChI is InChI=1S/C16H18N2O5/c1-16(2)12(13(16)15(21)22)14(20)17-8-4-5-9-10(6-8)23-7-11(19)18(9)3/h4-6,12-13H,7H2,1-3H3,(H,17,20)(H,21,22)/t12-,13+/m0/s1. The molecule has 0 unspecified atom stereocenters. The van der Waals surface area contributed by atoms with Crippen molar-refractivity contribution in [2.75, 3.05) is 23.9 Å². The lowest BCUT2D eigenvalue weighted by Gasteiger charge is -2.26. The van der Waals surface area contributed by atoms with Crippen LogP contribution >= 0.6 is 0 Å². The highest BCUT2D eigenvalue weighted by molar-refractivity contribution is 6.01. The molecular formula is C16H18N2O5. The summed E-state index contributed by atoms with van der Waals surface area (Å²) in [5.74, 6) is -2.12. The Bertz CT molecular complexity index is 712. The SMILES string of the molecule is CN1C(=O)COc2cc(NC(=O)[C@@H]3[C@H](C(=O)O)C3(C)C)ccc21. The van der Waals surface area contributed by atoms with E-state index in [1.807, 2.05) is 0 Å². The minimum atomic E-state index is -0.955. The average molecular weight is 318 g/mol. The molecule has 1 aliphatic heterocycles. The number of carbonyl (C=O) groups is 3. The van der Waals surface area contributed by atoms with Gasteiger partial charge in [0.25, 0.3) is 5.91 Å². The predicted molar refractivity (Wildman–Crippen MR) is 82.4 cm³/mol.